The summed E-state index contributed by atoms with van der Waals surface area (Å²) in [5.74, 6) is 0.544. The lowest BCUT2D eigenvalue weighted by Crippen LogP contribution is -1.88. The molecule has 0 aliphatic carbocycles. The zero-order valence-corrected chi connectivity index (χ0v) is 10.9. The molecule has 0 radical (unpaired) electrons. The third-order valence-electron chi connectivity index (χ3n) is 3.00. The lowest BCUT2D eigenvalue weighted by Gasteiger charge is -2.06. The summed E-state index contributed by atoms with van der Waals surface area (Å²) in [6.07, 6.45) is 9.88. The highest BCUT2D eigenvalue weighted by Crippen LogP contribution is 2.17. The van der Waals surface area contributed by atoms with E-state index in [0.717, 1.165) is 0 Å². The van der Waals surface area contributed by atoms with Crippen molar-refractivity contribution in [1.82, 2.24) is 0 Å². The first-order valence-corrected chi connectivity index (χ1v) is 6.47. The number of rotatable bonds is 6. The van der Waals surface area contributed by atoms with Gasteiger partial charge in [0.05, 0.1) is 0 Å². The Morgan fingerprint density at radius 1 is 1.12 bits per heavy atom. The molecule has 1 aromatic carbocycles. The van der Waals surface area contributed by atoms with Crippen molar-refractivity contribution >= 4 is 0 Å². The maximum atomic E-state index is 2.33. The summed E-state index contributed by atoms with van der Waals surface area (Å²) >= 11 is 0. The van der Waals surface area contributed by atoms with E-state index in [4.69, 9.17) is 0 Å². The van der Waals surface area contributed by atoms with Crippen molar-refractivity contribution in [2.45, 2.75) is 52.4 Å². The van der Waals surface area contributed by atoms with E-state index in [9.17, 15) is 0 Å². The van der Waals surface area contributed by atoms with Gasteiger partial charge in [-0.05, 0) is 31.2 Å². The van der Waals surface area contributed by atoms with E-state index in [1.807, 2.05) is 0 Å². The number of aryl methyl sites for hydroxylation is 1. The van der Waals surface area contributed by atoms with Gasteiger partial charge in [0.2, 0.25) is 0 Å². The molecule has 1 rings (SSSR count). The first-order chi connectivity index (χ1) is 7.74. The van der Waals surface area contributed by atoms with Crippen LogP contribution in [0.15, 0.2) is 36.4 Å². The number of allylic oxidation sites excluding steroid dienone is 2. The molecule has 0 saturated heterocycles. The SMILES string of the molecule is CCCCCC=CC(C)c1ccc(C)cc1. The fraction of sp³-hybridized carbons (Fsp3) is 0.500. The molecule has 0 spiro atoms. The zero-order chi connectivity index (χ0) is 11.8. The molecule has 16 heavy (non-hydrogen) atoms. The average molecular weight is 216 g/mol. The maximum absolute atomic E-state index is 2.33. The van der Waals surface area contributed by atoms with Crippen LogP contribution in [0.1, 0.15) is 56.6 Å². The summed E-state index contributed by atoms with van der Waals surface area (Å²) < 4.78 is 0. The van der Waals surface area contributed by atoms with E-state index in [1.54, 1.807) is 0 Å². The van der Waals surface area contributed by atoms with Crippen LogP contribution in [0.3, 0.4) is 0 Å². The number of hydrogen-bond acceptors (Lipinski definition) is 0. The number of unbranched alkanes of at least 4 members (excludes halogenated alkanes) is 3. The standard InChI is InChI=1S/C16H24/c1-4-5-6-7-8-9-15(3)16-12-10-14(2)11-13-16/h8-13,15H,4-7H2,1-3H3. The van der Waals surface area contributed by atoms with E-state index >= 15 is 0 Å². The van der Waals surface area contributed by atoms with E-state index in [0.29, 0.717) is 5.92 Å². The van der Waals surface area contributed by atoms with Crippen LogP contribution in [0.5, 0.6) is 0 Å². The lowest BCUT2D eigenvalue weighted by atomic mass is 9.99. The van der Waals surface area contributed by atoms with Crippen LogP contribution in [0.25, 0.3) is 0 Å². The van der Waals surface area contributed by atoms with Gasteiger partial charge in [-0.3, -0.25) is 0 Å². The van der Waals surface area contributed by atoms with E-state index < -0.39 is 0 Å². The monoisotopic (exact) mass is 216 g/mol. The van der Waals surface area contributed by atoms with Crippen LogP contribution in [0.2, 0.25) is 0 Å². The zero-order valence-electron chi connectivity index (χ0n) is 10.9. The highest BCUT2D eigenvalue weighted by atomic mass is 14.0. The Kier molecular flexibility index (Phi) is 5.92. The number of benzene rings is 1. The molecule has 0 aromatic heterocycles. The van der Waals surface area contributed by atoms with Crippen molar-refractivity contribution in [2.75, 3.05) is 0 Å². The van der Waals surface area contributed by atoms with Gasteiger partial charge in [-0.1, -0.05) is 68.7 Å². The van der Waals surface area contributed by atoms with Crippen LogP contribution in [0.4, 0.5) is 0 Å². The maximum Gasteiger partial charge on any atom is -0.00104 e. The first-order valence-electron chi connectivity index (χ1n) is 6.47. The molecule has 0 fully saturated rings. The van der Waals surface area contributed by atoms with Gasteiger partial charge in [-0.25, -0.2) is 0 Å². The quantitative estimate of drug-likeness (QED) is 0.451. The summed E-state index contributed by atoms with van der Waals surface area (Å²) in [5.41, 5.74) is 2.75. The average Bonchev–Trinajstić information content (AvgIpc) is 2.29. The van der Waals surface area contributed by atoms with Crippen LogP contribution in [-0.4, -0.2) is 0 Å². The third kappa shape index (κ3) is 4.65. The largest absolute Gasteiger partial charge is 0.0879 e. The molecule has 0 saturated carbocycles. The van der Waals surface area contributed by atoms with Crippen LogP contribution < -0.4 is 0 Å². The third-order valence-corrected chi connectivity index (χ3v) is 3.00. The first kappa shape index (κ1) is 13.0. The summed E-state index contributed by atoms with van der Waals surface area (Å²) in [4.78, 5) is 0. The molecule has 0 heterocycles. The van der Waals surface area contributed by atoms with Gasteiger partial charge in [0.15, 0.2) is 0 Å². The van der Waals surface area contributed by atoms with E-state index in [-0.39, 0.29) is 0 Å². The number of hydrogen-bond donors (Lipinski definition) is 0. The molecule has 88 valence electrons. The minimum Gasteiger partial charge on any atom is -0.0879 e. The predicted molar refractivity (Wildman–Crippen MR) is 72.9 cm³/mol. The van der Waals surface area contributed by atoms with Crippen molar-refractivity contribution in [3.63, 3.8) is 0 Å². The molecule has 1 aromatic rings. The molecule has 0 amide bonds. The Morgan fingerprint density at radius 2 is 1.81 bits per heavy atom. The Balaban J connectivity index is 2.39. The van der Waals surface area contributed by atoms with Crippen LogP contribution in [-0.2, 0) is 0 Å². The Bertz CT molecular complexity index is 305. The highest BCUT2D eigenvalue weighted by Gasteiger charge is 1.99. The van der Waals surface area contributed by atoms with Gasteiger partial charge in [0, 0.05) is 0 Å². The molecule has 1 atom stereocenters. The molecule has 0 heteroatoms. The van der Waals surface area contributed by atoms with Gasteiger partial charge in [0.1, 0.15) is 0 Å². The van der Waals surface area contributed by atoms with Gasteiger partial charge in [-0.15, -0.1) is 0 Å². The van der Waals surface area contributed by atoms with E-state index in [2.05, 4.69) is 57.2 Å². The van der Waals surface area contributed by atoms with Gasteiger partial charge >= 0.3 is 0 Å². The second kappa shape index (κ2) is 7.27. The second-order valence-electron chi connectivity index (χ2n) is 4.62. The summed E-state index contributed by atoms with van der Waals surface area (Å²) in [6, 6.07) is 8.85. The van der Waals surface area contributed by atoms with Gasteiger partial charge in [0.25, 0.3) is 0 Å². The van der Waals surface area contributed by atoms with Crippen molar-refractivity contribution < 1.29 is 0 Å². The summed E-state index contributed by atoms with van der Waals surface area (Å²) in [7, 11) is 0. The predicted octanol–water partition coefficient (Wildman–Crippen LogP) is 5.24. The summed E-state index contributed by atoms with van der Waals surface area (Å²) in [5, 5.41) is 0. The molecule has 0 bridgehead atoms. The highest BCUT2D eigenvalue weighted by molar-refractivity contribution is 5.26. The molecule has 0 nitrogen and oxygen atoms in total. The Labute approximate surface area is 100 Å². The topological polar surface area (TPSA) is 0 Å². The van der Waals surface area contributed by atoms with E-state index in [1.165, 1.54) is 36.8 Å². The smallest absolute Gasteiger partial charge is 0.00104 e. The van der Waals surface area contributed by atoms with Gasteiger partial charge < -0.3 is 0 Å². The molecule has 1 unspecified atom stereocenters. The summed E-state index contributed by atoms with van der Waals surface area (Å²) in [6.45, 7) is 6.65. The van der Waals surface area contributed by atoms with Crippen molar-refractivity contribution in [3.05, 3.63) is 47.5 Å². The Hall–Kier alpha value is -1.04. The lowest BCUT2D eigenvalue weighted by molar-refractivity contribution is 0.727. The molecular weight excluding hydrogens is 192 g/mol. The van der Waals surface area contributed by atoms with Crippen LogP contribution >= 0.6 is 0 Å². The normalized spacial score (nSPS) is 13.2. The fourth-order valence-electron chi connectivity index (χ4n) is 1.79. The fourth-order valence-corrected chi connectivity index (χ4v) is 1.79. The van der Waals surface area contributed by atoms with Crippen molar-refractivity contribution in [3.8, 4) is 0 Å². The van der Waals surface area contributed by atoms with Crippen molar-refractivity contribution in [1.29, 1.82) is 0 Å². The van der Waals surface area contributed by atoms with Crippen LogP contribution in [0, 0.1) is 6.92 Å². The second-order valence-corrected chi connectivity index (χ2v) is 4.62. The molecule has 0 N–H and O–H groups in total. The Morgan fingerprint density at radius 3 is 2.44 bits per heavy atom. The molecular formula is C16H24. The molecule has 0 aliphatic heterocycles. The molecule has 0 aliphatic rings. The van der Waals surface area contributed by atoms with Gasteiger partial charge in [-0.2, -0.15) is 0 Å². The minimum atomic E-state index is 0.544. The van der Waals surface area contributed by atoms with Crippen molar-refractivity contribution in [2.24, 2.45) is 0 Å². The minimum absolute atomic E-state index is 0.544.